The third-order valence-corrected chi connectivity index (χ3v) is 7.22. The molecule has 4 heterocycles. The lowest BCUT2D eigenvalue weighted by atomic mass is 10.1. The number of rotatable bonds is 9. The molecule has 0 unspecified atom stereocenters. The molecule has 42 heavy (non-hydrogen) atoms. The molecule has 3 atom stereocenters. The highest BCUT2D eigenvalue weighted by Gasteiger charge is 2.46. The van der Waals surface area contributed by atoms with Crippen LogP contribution in [0, 0.1) is 11.7 Å². The molecule has 1 aromatic carbocycles. The van der Waals surface area contributed by atoms with Gasteiger partial charge < -0.3 is 20.9 Å². The molecule has 4 N–H and O–H groups in total. The van der Waals surface area contributed by atoms with Crippen LogP contribution < -0.4 is 16.2 Å². The Labute approximate surface area is 238 Å². The minimum atomic E-state index is -4.52. The summed E-state index contributed by atoms with van der Waals surface area (Å²) in [7, 11) is 0. The first-order valence-corrected chi connectivity index (χ1v) is 13.5. The molecule has 1 aliphatic rings. The van der Waals surface area contributed by atoms with Gasteiger partial charge in [-0.15, -0.1) is 10.2 Å². The number of fused-ring (bicyclic) bond motifs is 2. The van der Waals surface area contributed by atoms with E-state index in [0.717, 1.165) is 0 Å². The predicted molar refractivity (Wildman–Crippen MR) is 146 cm³/mol. The minimum absolute atomic E-state index is 0.0266. The van der Waals surface area contributed by atoms with Crippen molar-refractivity contribution >= 4 is 22.5 Å². The number of pyridine rings is 2. The summed E-state index contributed by atoms with van der Waals surface area (Å²) in [6.45, 7) is 3.72. The summed E-state index contributed by atoms with van der Waals surface area (Å²) in [4.78, 5) is 17.8. The van der Waals surface area contributed by atoms with Crippen LogP contribution in [0.25, 0.3) is 28.1 Å². The van der Waals surface area contributed by atoms with E-state index in [9.17, 15) is 22.4 Å². The zero-order chi connectivity index (χ0) is 30.2. The van der Waals surface area contributed by atoms with Gasteiger partial charge >= 0.3 is 12.1 Å². The number of hydrogen-bond acceptors (Lipinski definition) is 9. The Bertz CT molecular complexity index is 1590. The predicted octanol–water partition coefficient (Wildman–Crippen LogP) is 3.63. The largest absolute Gasteiger partial charge is 0.487 e. The molecule has 224 valence electrons. The molecule has 0 aliphatic carbocycles. The molecule has 3 aromatic heterocycles. The molecule has 1 fully saturated rings. The van der Waals surface area contributed by atoms with E-state index < -0.39 is 30.0 Å². The van der Waals surface area contributed by atoms with Crippen LogP contribution in [0.1, 0.15) is 31.9 Å². The van der Waals surface area contributed by atoms with Crippen LogP contribution in [0.4, 0.5) is 17.6 Å². The normalized spacial score (nSPS) is 17.7. The molecule has 1 saturated heterocycles. The fraction of sp³-hybridized carbons (Fsp3) is 0.429. The molecule has 5 rings (SSSR count). The maximum atomic E-state index is 14.7. The van der Waals surface area contributed by atoms with Crippen LogP contribution in [-0.4, -0.2) is 75.0 Å². The highest BCUT2D eigenvalue weighted by molar-refractivity contribution is 5.82. The Morgan fingerprint density at radius 1 is 1.14 bits per heavy atom. The number of likely N-dealkylation sites (tertiary alicyclic amines) is 1. The van der Waals surface area contributed by atoms with Crippen LogP contribution >= 0.6 is 0 Å². The Morgan fingerprint density at radius 3 is 2.62 bits per heavy atom. The second-order valence-corrected chi connectivity index (χ2v) is 10.7. The van der Waals surface area contributed by atoms with E-state index in [2.05, 4.69) is 15.2 Å². The molecule has 10 nitrogen and oxygen atoms in total. The van der Waals surface area contributed by atoms with Crippen LogP contribution in [0.15, 0.2) is 42.6 Å². The molecule has 0 saturated carbocycles. The standard InChI is InChI=1S/C28H31F4N7O3/c1-15(2)24(34)27(40)42-10-9-41-22-12-21-16(11-19(22)29)3-5-20(35-21)26-37-36-23-6-4-17(13-39(23)26)25(28(30,31)32)38-8-7-18(33)14-38/h3-6,11-13,15,18,24-25H,7-10,14,33-34H2,1-2H3/t18-,24-,25+/m0/s1. The molecule has 0 bridgehead atoms. The maximum Gasteiger partial charge on any atom is 0.408 e. The lowest BCUT2D eigenvalue weighted by Crippen LogP contribution is -2.38. The number of ether oxygens (including phenoxy) is 2. The molecular formula is C28H31F4N7O3. The number of esters is 1. The van der Waals surface area contributed by atoms with Crippen molar-refractivity contribution in [2.45, 2.75) is 44.6 Å². The zero-order valence-corrected chi connectivity index (χ0v) is 23.0. The van der Waals surface area contributed by atoms with Gasteiger partial charge in [0.2, 0.25) is 0 Å². The topological polar surface area (TPSA) is 134 Å². The first-order valence-electron chi connectivity index (χ1n) is 13.5. The molecule has 0 spiro atoms. The van der Waals surface area contributed by atoms with Gasteiger partial charge in [-0.25, -0.2) is 9.37 Å². The SMILES string of the molecule is CC(C)[C@H](N)C(=O)OCCOc1cc2nc(-c3nnc4ccc([C@@H](N5CC[C@H](N)C5)C(F)(F)F)cn34)ccc2cc1F. The third-order valence-electron chi connectivity index (χ3n) is 7.22. The number of hydrogen-bond donors (Lipinski definition) is 2. The van der Waals surface area contributed by atoms with Gasteiger partial charge in [0.15, 0.2) is 23.0 Å². The second-order valence-electron chi connectivity index (χ2n) is 10.7. The van der Waals surface area contributed by atoms with E-state index in [1.165, 1.54) is 39.8 Å². The third kappa shape index (κ3) is 6.15. The van der Waals surface area contributed by atoms with Gasteiger partial charge in [-0.3, -0.25) is 14.1 Å². The van der Waals surface area contributed by atoms with E-state index in [4.69, 9.17) is 20.9 Å². The first kappa shape index (κ1) is 29.6. The summed E-state index contributed by atoms with van der Waals surface area (Å²) in [5.41, 5.74) is 12.7. The summed E-state index contributed by atoms with van der Waals surface area (Å²) >= 11 is 0. The lowest BCUT2D eigenvalue weighted by Gasteiger charge is -2.30. The van der Waals surface area contributed by atoms with Gasteiger partial charge in [0.1, 0.15) is 31.0 Å². The van der Waals surface area contributed by atoms with Gasteiger partial charge in [0.25, 0.3) is 0 Å². The number of halogens is 4. The average Bonchev–Trinajstić information content (AvgIpc) is 3.55. The Morgan fingerprint density at radius 2 is 1.93 bits per heavy atom. The van der Waals surface area contributed by atoms with Crippen molar-refractivity contribution in [3.8, 4) is 17.3 Å². The summed E-state index contributed by atoms with van der Waals surface area (Å²) in [6, 6.07) is 5.79. The Hall–Kier alpha value is -3.88. The fourth-order valence-corrected chi connectivity index (χ4v) is 4.92. The van der Waals surface area contributed by atoms with E-state index in [0.29, 0.717) is 28.7 Å². The number of nitrogens with two attached hydrogens (primary N) is 2. The van der Waals surface area contributed by atoms with Crippen LogP contribution in [0.5, 0.6) is 5.75 Å². The van der Waals surface area contributed by atoms with Gasteiger partial charge in [-0.1, -0.05) is 26.0 Å². The van der Waals surface area contributed by atoms with Gasteiger partial charge in [-0.2, -0.15) is 13.2 Å². The van der Waals surface area contributed by atoms with Crippen molar-refractivity contribution in [2.24, 2.45) is 17.4 Å². The Kier molecular flexibility index (Phi) is 8.30. The summed E-state index contributed by atoms with van der Waals surface area (Å²) in [6.07, 6.45) is -2.67. The van der Waals surface area contributed by atoms with Crippen molar-refractivity contribution in [3.05, 3.63) is 54.0 Å². The minimum Gasteiger partial charge on any atom is -0.487 e. The smallest absolute Gasteiger partial charge is 0.408 e. The average molecular weight is 590 g/mol. The van der Waals surface area contributed by atoms with E-state index in [-0.39, 0.29) is 55.4 Å². The lowest BCUT2D eigenvalue weighted by molar-refractivity contribution is -0.183. The maximum absolute atomic E-state index is 14.7. The number of alkyl halides is 3. The highest BCUT2D eigenvalue weighted by Crippen LogP contribution is 2.39. The summed E-state index contributed by atoms with van der Waals surface area (Å²) in [5, 5.41) is 8.72. The van der Waals surface area contributed by atoms with Crippen molar-refractivity contribution in [3.63, 3.8) is 0 Å². The number of nitrogens with zero attached hydrogens (tertiary/aromatic N) is 5. The van der Waals surface area contributed by atoms with Crippen LogP contribution in [0.2, 0.25) is 0 Å². The number of carbonyl (C=O) groups excluding carboxylic acids is 1. The van der Waals surface area contributed by atoms with Gasteiger partial charge in [0.05, 0.1) is 5.52 Å². The van der Waals surface area contributed by atoms with Crippen molar-refractivity contribution in [2.75, 3.05) is 26.3 Å². The number of benzene rings is 1. The van der Waals surface area contributed by atoms with Crippen LogP contribution in [-0.2, 0) is 9.53 Å². The number of carbonyl (C=O) groups is 1. The number of aromatic nitrogens is 4. The van der Waals surface area contributed by atoms with E-state index in [1.807, 2.05) is 0 Å². The molecule has 4 aromatic rings. The molecule has 0 radical (unpaired) electrons. The fourth-order valence-electron chi connectivity index (χ4n) is 4.92. The van der Waals surface area contributed by atoms with Crippen molar-refractivity contribution < 1.29 is 31.8 Å². The second kappa shape index (κ2) is 11.8. The van der Waals surface area contributed by atoms with Crippen LogP contribution in [0.3, 0.4) is 0 Å². The van der Waals surface area contributed by atoms with E-state index in [1.54, 1.807) is 26.0 Å². The van der Waals surface area contributed by atoms with Gasteiger partial charge in [-0.05, 0) is 36.1 Å². The molecule has 0 amide bonds. The molecule has 14 heteroatoms. The Balaban J connectivity index is 1.40. The summed E-state index contributed by atoms with van der Waals surface area (Å²) < 4.78 is 69.3. The van der Waals surface area contributed by atoms with Gasteiger partial charge in [0, 0.05) is 36.8 Å². The van der Waals surface area contributed by atoms with Crippen molar-refractivity contribution in [1.29, 1.82) is 0 Å². The van der Waals surface area contributed by atoms with Crippen molar-refractivity contribution in [1.82, 2.24) is 24.5 Å². The quantitative estimate of drug-likeness (QED) is 0.171. The zero-order valence-electron chi connectivity index (χ0n) is 23.0. The highest BCUT2D eigenvalue weighted by atomic mass is 19.4. The monoisotopic (exact) mass is 589 g/mol. The molecular weight excluding hydrogens is 558 g/mol. The summed E-state index contributed by atoms with van der Waals surface area (Å²) in [5.74, 6) is -1.21. The van der Waals surface area contributed by atoms with E-state index >= 15 is 0 Å². The molecule has 1 aliphatic heterocycles. The first-order chi connectivity index (χ1) is 19.9.